The number of thioether (sulfide) groups is 1. The van der Waals surface area contributed by atoms with Gasteiger partial charge in [-0.25, -0.2) is 0 Å². The zero-order valence-corrected chi connectivity index (χ0v) is 12.4. The Kier molecular flexibility index (Phi) is 6.56. The molecule has 2 nitrogen and oxygen atoms in total. The van der Waals surface area contributed by atoms with E-state index >= 15 is 0 Å². The third-order valence-electron chi connectivity index (χ3n) is 2.62. The molecule has 1 unspecified atom stereocenters. The van der Waals surface area contributed by atoms with Crippen molar-refractivity contribution >= 4 is 23.4 Å². The van der Waals surface area contributed by atoms with E-state index in [0.29, 0.717) is 0 Å². The second kappa shape index (κ2) is 7.68. The van der Waals surface area contributed by atoms with E-state index < -0.39 is 5.54 Å². The summed E-state index contributed by atoms with van der Waals surface area (Å²) in [4.78, 5) is 0. The fourth-order valence-corrected chi connectivity index (χ4v) is 2.93. The van der Waals surface area contributed by atoms with E-state index in [0.717, 1.165) is 35.1 Å². The summed E-state index contributed by atoms with van der Waals surface area (Å²) in [6, 6.07) is 10.2. The van der Waals surface area contributed by atoms with E-state index in [1.165, 1.54) is 0 Å². The summed E-state index contributed by atoms with van der Waals surface area (Å²) in [5.41, 5.74) is 0.669. The standard InChI is InChI=1S/C14H19ClN2S/c1-3-8-17-14(2,10-16)11-18-9-12-6-4-5-7-13(12)15/h4-7,17H,3,8-9,11H2,1-2H3. The molecule has 1 rings (SSSR count). The van der Waals surface area contributed by atoms with Gasteiger partial charge in [0.15, 0.2) is 0 Å². The van der Waals surface area contributed by atoms with Crippen LogP contribution in [-0.2, 0) is 5.75 Å². The summed E-state index contributed by atoms with van der Waals surface area (Å²) in [6.45, 7) is 4.92. The number of nitrogens with one attached hydrogen (secondary N) is 1. The summed E-state index contributed by atoms with van der Waals surface area (Å²) in [7, 11) is 0. The minimum absolute atomic E-state index is 0.456. The maximum atomic E-state index is 9.21. The summed E-state index contributed by atoms with van der Waals surface area (Å²) in [5.74, 6) is 1.60. The number of hydrogen-bond acceptors (Lipinski definition) is 3. The summed E-state index contributed by atoms with van der Waals surface area (Å²) in [5, 5.41) is 13.3. The number of benzene rings is 1. The minimum atomic E-state index is -0.456. The van der Waals surface area contributed by atoms with E-state index in [2.05, 4.69) is 18.3 Å². The molecule has 1 atom stereocenters. The Labute approximate surface area is 119 Å². The predicted molar refractivity (Wildman–Crippen MR) is 79.9 cm³/mol. The van der Waals surface area contributed by atoms with Gasteiger partial charge in [0.25, 0.3) is 0 Å². The second-order valence-electron chi connectivity index (χ2n) is 4.45. The van der Waals surface area contributed by atoms with Gasteiger partial charge in [-0.3, -0.25) is 5.32 Å². The Hall–Kier alpha value is -0.690. The molecule has 0 aromatic heterocycles. The van der Waals surface area contributed by atoms with Gasteiger partial charge in [-0.2, -0.15) is 17.0 Å². The van der Waals surface area contributed by atoms with Crippen LogP contribution in [-0.4, -0.2) is 17.8 Å². The van der Waals surface area contributed by atoms with Gasteiger partial charge in [0.1, 0.15) is 5.54 Å². The Bertz CT molecular complexity index is 417. The zero-order valence-electron chi connectivity index (χ0n) is 10.9. The van der Waals surface area contributed by atoms with Gasteiger partial charge >= 0.3 is 0 Å². The van der Waals surface area contributed by atoms with Crippen LogP contribution in [0.2, 0.25) is 5.02 Å². The number of rotatable bonds is 7. The van der Waals surface area contributed by atoms with Crippen molar-refractivity contribution in [1.29, 1.82) is 5.26 Å². The van der Waals surface area contributed by atoms with Crippen molar-refractivity contribution in [3.05, 3.63) is 34.9 Å². The Morgan fingerprint density at radius 1 is 1.44 bits per heavy atom. The van der Waals surface area contributed by atoms with Crippen molar-refractivity contribution < 1.29 is 0 Å². The minimum Gasteiger partial charge on any atom is -0.299 e. The molecule has 1 N–H and O–H groups in total. The second-order valence-corrected chi connectivity index (χ2v) is 5.85. The third kappa shape index (κ3) is 4.89. The first-order chi connectivity index (χ1) is 8.61. The lowest BCUT2D eigenvalue weighted by molar-refractivity contribution is 0.493. The van der Waals surface area contributed by atoms with Crippen molar-refractivity contribution in [1.82, 2.24) is 5.32 Å². The van der Waals surface area contributed by atoms with Gasteiger partial charge in [0.05, 0.1) is 6.07 Å². The monoisotopic (exact) mass is 282 g/mol. The van der Waals surface area contributed by atoms with Crippen molar-refractivity contribution in [3.63, 3.8) is 0 Å². The first-order valence-corrected chi connectivity index (χ1v) is 7.62. The van der Waals surface area contributed by atoms with E-state index in [4.69, 9.17) is 11.6 Å². The molecule has 0 amide bonds. The Morgan fingerprint density at radius 2 is 2.17 bits per heavy atom. The zero-order chi connectivity index (χ0) is 13.4. The highest BCUT2D eigenvalue weighted by molar-refractivity contribution is 7.98. The first kappa shape index (κ1) is 15.4. The molecular weight excluding hydrogens is 264 g/mol. The van der Waals surface area contributed by atoms with Crippen molar-refractivity contribution in [2.24, 2.45) is 0 Å². The topological polar surface area (TPSA) is 35.8 Å². The lowest BCUT2D eigenvalue weighted by Crippen LogP contribution is -2.43. The molecule has 0 saturated carbocycles. The van der Waals surface area contributed by atoms with E-state index in [9.17, 15) is 5.26 Å². The molecule has 0 heterocycles. The largest absolute Gasteiger partial charge is 0.299 e. The molecule has 0 aliphatic rings. The van der Waals surface area contributed by atoms with Gasteiger partial charge in [0.2, 0.25) is 0 Å². The molecule has 0 aliphatic carbocycles. The van der Waals surface area contributed by atoms with Gasteiger partial charge < -0.3 is 0 Å². The molecule has 0 aliphatic heterocycles. The normalized spacial score (nSPS) is 13.9. The highest BCUT2D eigenvalue weighted by Gasteiger charge is 2.22. The molecule has 0 spiro atoms. The quantitative estimate of drug-likeness (QED) is 0.825. The van der Waals surface area contributed by atoms with Crippen LogP contribution in [0.3, 0.4) is 0 Å². The molecule has 4 heteroatoms. The molecule has 0 fully saturated rings. The van der Waals surface area contributed by atoms with Crippen LogP contribution < -0.4 is 5.32 Å². The lowest BCUT2D eigenvalue weighted by atomic mass is 10.1. The Balaban J connectivity index is 2.45. The fourth-order valence-electron chi connectivity index (χ4n) is 1.50. The predicted octanol–water partition coefficient (Wildman–Crippen LogP) is 3.86. The summed E-state index contributed by atoms with van der Waals surface area (Å²) in [6.07, 6.45) is 1.03. The maximum Gasteiger partial charge on any atom is 0.113 e. The average molecular weight is 283 g/mol. The number of halogens is 1. The van der Waals surface area contributed by atoms with Gasteiger partial charge in [-0.15, -0.1) is 0 Å². The van der Waals surface area contributed by atoms with Crippen LogP contribution in [0.25, 0.3) is 0 Å². The molecular formula is C14H19ClN2S. The van der Waals surface area contributed by atoms with E-state index in [-0.39, 0.29) is 0 Å². The van der Waals surface area contributed by atoms with Gasteiger partial charge in [0, 0.05) is 16.5 Å². The highest BCUT2D eigenvalue weighted by atomic mass is 35.5. The van der Waals surface area contributed by atoms with Gasteiger partial charge in [-0.05, 0) is 31.5 Å². The van der Waals surface area contributed by atoms with Crippen LogP contribution in [0.4, 0.5) is 0 Å². The molecule has 0 saturated heterocycles. The molecule has 18 heavy (non-hydrogen) atoms. The smallest absolute Gasteiger partial charge is 0.113 e. The molecule has 0 radical (unpaired) electrons. The van der Waals surface area contributed by atoms with Crippen LogP contribution in [0.15, 0.2) is 24.3 Å². The van der Waals surface area contributed by atoms with Crippen LogP contribution >= 0.6 is 23.4 Å². The van der Waals surface area contributed by atoms with Crippen LogP contribution in [0.1, 0.15) is 25.8 Å². The molecule has 1 aromatic rings. The van der Waals surface area contributed by atoms with E-state index in [1.807, 2.05) is 31.2 Å². The van der Waals surface area contributed by atoms with Crippen molar-refractivity contribution in [2.45, 2.75) is 31.6 Å². The molecule has 0 bridgehead atoms. The molecule has 98 valence electrons. The first-order valence-electron chi connectivity index (χ1n) is 6.09. The fraction of sp³-hybridized carbons (Fsp3) is 0.500. The van der Waals surface area contributed by atoms with Crippen LogP contribution in [0.5, 0.6) is 0 Å². The van der Waals surface area contributed by atoms with Gasteiger partial charge in [-0.1, -0.05) is 36.7 Å². The lowest BCUT2D eigenvalue weighted by Gasteiger charge is -2.22. The highest BCUT2D eigenvalue weighted by Crippen LogP contribution is 2.23. The molecule has 1 aromatic carbocycles. The third-order valence-corrected chi connectivity index (χ3v) is 4.28. The van der Waals surface area contributed by atoms with Crippen LogP contribution in [0, 0.1) is 11.3 Å². The maximum absolute atomic E-state index is 9.21. The number of hydrogen-bond donors (Lipinski definition) is 1. The SMILES string of the molecule is CCCNC(C)(C#N)CSCc1ccccc1Cl. The number of nitrogens with zero attached hydrogens (tertiary/aromatic N) is 1. The summed E-state index contributed by atoms with van der Waals surface area (Å²) >= 11 is 7.83. The average Bonchev–Trinajstić information content (AvgIpc) is 2.39. The van der Waals surface area contributed by atoms with Crippen molar-refractivity contribution in [2.75, 3.05) is 12.3 Å². The Morgan fingerprint density at radius 3 is 2.78 bits per heavy atom. The van der Waals surface area contributed by atoms with Crippen molar-refractivity contribution in [3.8, 4) is 6.07 Å². The van der Waals surface area contributed by atoms with E-state index in [1.54, 1.807) is 11.8 Å². The summed E-state index contributed by atoms with van der Waals surface area (Å²) < 4.78 is 0. The number of nitriles is 1.